The number of carbonyl (C=O) groups is 4. The van der Waals surface area contributed by atoms with E-state index in [1.165, 1.54) is 0 Å². The van der Waals surface area contributed by atoms with E-state index in [0.717, 1.165) is 0 Å². The maximum absolute atomic E-state index is 13.8. The van der Waals surface area contributed by atoms with Gasteiger partial charge in [-0.3, -0.25) is 4.79 Å². The lowest BCUT2D eigenvalue weighted by Crippen LogP contribution is -2.68. The highest BCUT2D eigenvalue weighted by Gasteiger charge is 3.04. The third-order valence-corrected chi connectivity index (χ3v) is 11.3. The molecule has 0 bridgehead atoms. The molecule has 4 aliphatic heterocycles. The summed E-state index contributed by atoms with van der Waals surface area (Å²) < 4.78 is 29.6. The number of ether oxygens (including phenoxy) is 5. The molecule has 12 nitrogen and oxygen atoms in total. The van der Waals surface area contributed by atoms with Gasteiger partial charge in [0.2, 0.25) is 11.9 Å². The Morgan fingerprint density at radius 2 is 1.60 bits per heavy atom. The molecule has 0 aromatic heterocycles. The van der Waals surface area contributed by atoms with Gasteiger partial charge in [-0.15, -0.1) is 0 Å². The van der Waals surface area contributed by atoms with Crippen LogP contribution in [0.1, 0.15) is 48.7 Å². The van der Waals surface area contributed by atoms with Crippen molar-refractivity contribution in [2.24, 2.45) is 22.2 Å². The zero-order valence-electron chi connectivity index (χ0n) is 24.7. The predicted octanol–water partition coefficient (Wildman–Crippen LogP) is 0.811. The molecular weight excluding hydrogens is 588 g/mol. The maximum Gasteiger partial charge on any atom is 0.343 e. The van der Waals surface area contributed by atoms with Gasteiger partial charge in [-0.05, 0) is 23.3 Å². The molecule has 4 saturated heterocycles. The smallest absolute Gasteiger partial charge is 0.343 e. The summed E-state index contributed by atoms with van der Waals surface area (Å²) in [5.41, 5.74) is -7.68. The fourth-order valence-electron chi connectivity index (χ4n) is 9.75. The molecule has 45 heavy (non-hydrogen) atoms. The molecule has 0 amide bonds. The van der Waals surface area contributed by atoms with Crippen LogP contribution in [0, 0.1) is 22.2 Å². The standard InChI is InChI=1S/C33H32O12/c1-29(2,3)18-13-19-31-21(35)23-32(40,22(36)25(37)43-23)33(31,27(39)42-19)45-28-30(18,31)24(26(38)44-28)41-14-15-9-11-17(12-10-15)20(34)16-7-5-4-6-8-16/h4-12,18-19,21-24,28,35-36,40H,13-14H2,1-3H3/t18-,19?,21+,22+,23?,24-,28?,30?,31?,32+,33?/m0/s1. The van der Waals surface area contributed by atoms with Crippen LogP contribution in [0.2, 0.25) is 0 Å². The number of carbonyl (C=O) groups excluding carboxylic acids is 4. The third kappa shape index (κ3) is 2.96. The van der Waals surface area contributed by atoms with Crippen molar-refractivity contribution in [2.45, 2.75) is 81.8 Å². The zero-order valence-corrected chi connectivity index (χ0v) is 24.7. The minimum Gasteiger partial charge on any atom is -0.459 e. The normalized spacial score (nSPS) is 43.8. The summed E-state index contributed by atoms with van der Waals surface area (Å²) in [6.45, 7) is 5.67. The number of fused-ring (bicyclic) bond motifs is 1. The molecule has 2 aromatic rings. The second kappa shape index (κ2) is 8.77. The Bertz CT molecular complexity index is 1650. The number of hydrogen-bond donors (Lipinski definition) is 3. The van der Waals surface area contributed by atoms with Crippen molar-refractivity contribution in [2.75, 3.05) is 0 Å². The van der Waals surface area contributed by atoms with Gasteiger partial charge >= 0.3 is 17.9 Å². The number of esters is 3. The summed E-state index contributed by atoms with van der Waals surface area (Å²) in [5.74, 6) is -3.78. The van der Waals surface area contributed by atoms with Crippen molar-refractivity contribution in [3.05, 3.63) is 71.3 Å². The van der Waals surface area contributed by atoms with Crippen molar-refractivity contribution in [1.29, 1.82) is 0 Å². The van der Waals surface area contributed by atoms with E-state index in [9.17, 15) is 34.5 Å². The molecule has 2 aromatic carbocycles. The molecule has 4 heterocycles. The van der Waals surface area contributed by atoms with E-state index in [1.807, 2.05) is 26.8 Å². The van der Waals surface area contributed by atoms with Crippen molar-refractivity contribution >= 4 is 23.7 Å². The lowest BCUT2D eigenvalue weighted by atomic mass is 9.51. The van der Waals surface area contributed by atoms with Crippen LogP contribution < -0.4 is 0 Å². The Morgan fingerprint density at radius 1 is 0.933 bits per heavy atom. The average Bonchev–Trinajstić information content (AvgIpc) is 3.73. The highest BCUT2D eigenvalue weighted by molar-refractivity contribution is 6.09. The first-order valence-electron chi connectivity index (χ1n) is 15.0. The minimum absolute atomic E-state index is 0.116. The fraction of sp³-hybridized carbons (Fsp3) is 0.515. The number of benzene rings is 2. The number of ketones is 1. The van der Waals surface area contributed by atoms with Gasteiger partial charge in [0.1, 0.15) is 12.2 Å². The quantitative estimate of drug-likeness (QED) is 0.244. The van der Waals surface area contributed by atoms with Crippen LogP contribution in [0.15, 0.2) is 54.6 Å². The maximum atomic E-state index is 13.8. The molecule has 6 fully saturated rings. The summed E-state index contributed by atoms with van der Waals surface area (Å²) in [6.07, 6.45) is -9.58. The van der Waals surface area contributed by atoms with E-state index in [0.29, 0.717) is 16.7 Å². The first-order chi connectivity index (χ1) is 21.3. The molecule has 2 saturated carbocycles. The van der Waals surface area contributed by atoms with Gasteiger partial charge in [0.05, 0.1) is 17.4 Å². The first-order valence-corrected chi connectivity index (χ1v) is 15.0. The Morgan fingerprint density at radius 3 is 2.27 bits per heavy atom. The number of hydrogen-bond acceptors (Lipinski definition) is 12. The topological polar surface area (TPSA) is 175 Å². The van der Waals surface area contributed by atoms with Gasteiger partial charge in [-0.25, -0.2) is 14.4 Å². The molecular formula is C33H32O12. The van der Waals surface area contributed by atoms with Crippen molar-refractivity contribution in [3.63, 3.8) is 0 Å². The summed E-state index contributed by atoms with van der Waals surface area (Å²) in [7, 11) is 0. The molecule has 11 atom stereocenters. The van der Waals surface area contributed by atoms with E-state index in [1.54, 1.807) is 48.5 Å². The molecule has 0 radical (unpaired) electrons. The Labute approximate surface area is 257 Å². The first kappa shape index (κ1) is 28.8. The molecule has 3 N–H and O–H groups in total. The number of aliphatic hydroxyl groups excluding tert-OH is 2. The monoisotopic (exact) mass is 620 g/mol. The summed E-state index contributed by atoms with van der Waals surface area (Å²) >= 11 is 0. The van der Waals surface area contributed by atoms with Crippen LogP contribution in [0.3, 0.4) is 0 Å². The minimum atomic E-state index is -2.72. The van der Waals surface area contributed by atoms with E-state index >= 15 is 0 Å². The van der Waals surface area contributed by atoms with Gasteiger partial charge in [-0.1, -0.05) is 75.4 Å². The zero-order chi connectivity index (χ0) is 31.9. The summed E-state index contributed by atoms with van der Waals surface area (Å²) in [5, 5.41) is 35.1. The van der Waals surface area contributed by atoms with Gasteiger partial charge in [0.15, 0.2) is 29.7 Å². The van der Waals surface area contributed by atoms with E-state index < -0.39 is 88.1 Å². The van der Waals surface area contributed by atoms with Gasteiger partial charge in [-0.2, -0.15) is 0 Å². The van der Waals surface area contributed by atoms with Crippen LogP contribution in [0.25, 0.3) is 0 Å². The Balaban J connectivity index is 1.21. The summed E-state index contributed by atoms with van der Waals surface area (Å²) in [4.78, 5) is 52.9. The van der Waals surface area contributed by atoms with E-state index in [4.69, 9.17) is 23.7 Å². The van der Waals surface area contributed by atoms with E-state index in [-0.39, 0.29) is 18.8 Å². The molecule has 6 aliphatic rings. The molecule has 236 valence electrons. The molecule has 6 unspecified atom stereocenters. The third-order valence-electron chi connectivity index (χ3n) is 11.3. The van der Waals surface area contributed by atoms with Crippen LogP contribution in [-0.4, -0.2) is 87.0 Å². The summed E-state index contributed by atoms with van der Waals surface area (Å²) in [6, 6.07) is 15.6. The number of rotatable bonds is 5. The number of aliphatic hydroxyl groups is 3. The van der Waals surface area contributed by atoms with Gasteiger partial charge in [0, 0.05) is 11.1 Å². The molecule has 12 heteroatoms. The lowest BCUT2D eigenvalue weighted by Gasteiger charge is -2.48. The Hall–Kier alpha value is -3.68. The average molecular weight is 621 g/mol. The van der Waals surface area contributed by atoms with Crippen molar-refractivity contribution < 1.29 is 58.2 Å². The highest BCUT2D eigenvalue weighted by Crippen LogP contribution is 2.84. The molecule has 2 spiro atoms. The SMILES string of the molecule is CC(C)(C)[C@@H]1CC2OC(=O)C34OC5OC(=O)[C@H](OCc6ccc(C(=O)c7ccccc7)cc6)C51C23[C@H](O)C1OC(=O)[C@@H](O)[C@@]14O. The molecule has 8 rings (SSSR count). The van der Waals surface area contributed by atoms with Gasteiger partial charge in [0.25, 0.3) is 0 Å². The fourth-order valence-corrected chi connectivity index (χ4v) is 9.75. The second-order valence-corrected chi connectivity index (χ2v) is 14.0. The molecule has 2 aliphatic carbocycles. The largest absolute Gasteiger partial charge is 0.459 e. The highest BCUT2D eigenvalue weighted by atomic mass is 16.8. The van der Waals surface area contributed by atoms with E-state index in [2.05, 4.69) is 0 Å². The van der Waals surface area contributed by atoms with Crippen molar-refractivity contribution in [3.8, 4) is 0 Å². The van der Waals surface area contributed by atoms with Crippen LogP contribution in [0.5, 0.6) is 0 Å². The predicted molar refractivity (Wildman–Crippen MR) is 148 cm³/mol. The van der Waals surface area contributed by atoms with Crippen molar-refractivity contribution in [1.82, 2.24) is 0 Å². The van der Waals surface area contributed by atoms with Gasteiger partial charge < -0.3 is 39.0 Å². The van der Waals surface area contributed by atoms with Crippen LogP contribution in [-0.2, 0) is 44.7 Å². The van der Waals surface area contributed by atoms with Crippen LogP contribution >= 0.6 is 0 Å². The van der Waals surface area contributed by atoms with Crippen LogP contribution in [0.4, 0.5) is 0 Å². The lowest BCUT2D eigenvalue weighted by molar-refractivity contribution is -0.245. The second-order valence-electron chi connectivity index (χ2n) is 14.0. The Kier molecular flexibility index (Phi) is 5.61.